The Morgan fingerprint density at radius 1 is 1.33 bits per heavy atom. The molecular weight excluding hydrogens is 247 g/mol. The molecule has 0 aliphatic carbocycles. The van der Waals surface area contributed by atoms with Crippen LogP contribution in [0.5, 0.6) is 5.75 Å². The molecular formula is C12H14F3NO2. The quantitative estimate of drug-likeness (QED) is 0.906. The number of benzene rings is 1. The molecule has 0 aliphatic rings. The van der Waals surface area contributed by atoms with Crippen molar-refractivity contribution in [3.63, 3.8) is 0 Å². The minimum Gasteiger partial charge on any atom is -0.491 e. The summed E-state index contributed by atoms with van der Waals surface area (Å²) in [6.45, 7) is 5.39. The number of carbonyl (C=O) groups is 1. The lowest BCUT2D eigenvalue weighted by Crippen LogP contribution is -2.29. The van der Waals surface area contributed by atoms with Crippen LogP contribution in [0.2, 0.25) is 0 Å². The number of hydrogen-bond acceptors (Lipinski definition) is 2. The van der Waals surface area contributed by atoms with E-state index in [2.05, 4.69) is 0 Å². The third kappa shape index (κ3) is 3.94. The molecule has 0 aliphatic heterocycles. The summed E-state index contributed by atoms with van der Waals surface area (Å²) in [6.07, 6.45) is -4.92. The molecule has 0 radical (unpaired) electrons. The maximum absolute atomic E-state index is 12.0. The smallest absolute Gasteiger partial charge is 0.471 e. The minimum absolute atomic E-state index is 0.0284. The normalized spacial score (nSPS) is 11.5. The van der Waals surface area contributed by atoms with Crippen molar-refractivity contribution in [3.05, 3.63) is 23.8 Å². The first-order valence-corrected chi connectivity index (χ1v) is 5.35. The van der Waals surface area contributed by atoms with Crippen LogP contribution in [0.15, 0.2) is 18.2 Å². The van der Waals surface area contributed by atoms with Gasteiger partial charge in [0.05, 0.1) is 6.10 Å². The fraction of sp³-hybridized carbons (Fsp3) is 0.417. The lowest BCUT2D eigenvalue weighted by atomic mass is 10.2. The van der Waals surface area contributed by atoms with Gasteiger partial charge in [-0.05, 0) is 44.5 Å². The van der Waals surface area contributed by atoms with Crippen LogP contribution in [-0.4, -0.2) is 18.2 Å². The number of rotatable bonds is 3. The Kier molecular flexibility index (Phi) is 4.21. The van der Waals surface area contributed by atoms with E-state index in [4.69, 9.17) is 4.74 Å². The molecule has 1 aromatic rings. The number of halogens is 3. The fourth-order valence-corrected chi connectivity index (χ4v) is 1.32. The van der Waals surface area contributed by atoms with Gasteiger partial charge in [0.1, 0.15) is 5.75 Å². The van der Waals surface area contributed by atoms with E-state index >= 15 is 0 Å². The second-order valence-corrected chi connectivity index (χ2v) is 4.10. The van der Waals surface area contributed by atoms with Crippen LogP contribution in [0.1, 0.15) is 19.4 Å². The van der Waals surface area contributed by atoms with Gasteiger partial charge in [0, 0.05) is 5.69 Å². The first kappa shape index (κ1) is 14.3. The van der Waals surface area contributed by atoms with Gasteiger partial charge in [-0.15, -0.1) is 0 Å². The van der Waals surface area contributed by atoms with E-state index in [1.54, 1.807) is 12.2 Å². The second-order valence-electron chi connectivity index (χ2n) is 4.10. The van der Waals surface area contributed by atoms with Crippen molar-refractivity contribution in [1.29, 1.82) is 0 Å². The summed E-state index contributed by atoms with van der Waals surface area (Å²) in [5.74, 6) is -1.41. The zero-order chi connectivity index (χ0) is 13.9. The van der Waals surface area contributed by atoms with Crippen molar-refractivity contribution in [2.24, 2.45) is 0 Å². The number of ether oxygens (including phenoxy) is 1. The summed E-state index contributed by atoms with van der Waals surface area (Å²) < 4.78 is 41.6. The summed E-state index contributed by atoms with van der Waals surface area (Å²) >= 11 is 0. The highest BCUT2D eigenvalue weighted by molar-refractivity contribution is 5.95. The predicted molar refractivity (Wildman–Crippen MR) is 61.6 cm³/mol. The minimum atomic E-state index is -4.89. The Morgan fingerprint density at radius 2 is 1.94 bits per heavy atom. The molecule has 18 heavy (non-hydrogen) atoms. The molecule has 0 unspecified atom stereocenters. The zero-order valence-corrected chi connectivity index (χ0v) is 10.3. The molecule has 0 spiro atoms. The Balaban J connectivity index is 2.82. The Hall–Kier alpha value is -1.72. The molecule has 0 atom stereocenters. The molecule has 0 aromatic heterocycles. The second kappa shape index (κ2) is 5.29. The highest BCUT2D eigenvalue weighted by Crippen LogP contribution is 2.24. The summed E-state index contributed by atoms with van der Waals surface area (Å²) in [6, 6.07) is 4.33. The van der Waals surface area contributed by atoms with Gasteiger partial charge in [-0.1, -0.05) is 0 Å². The molecule has 0 saturated heterocycles. The number of anilines is 1. The number of carbonyl (C=O) groups excluding carboxylic acids is 1. The van der Waals surface area contributed by atoms with Crippen molar-refractivity contribution in [1.82, 2.24) is 0 Å². The van der Waals surface area contributed by atoms with Gasteiger partial charge in [0.2, 0.25) is 0 Å². The molecule has 0 saturated carbocycles. The first-order valence-electron chi connectivity index (χ1n) is 5.35. The summed E-state index contributed by atoms with van der Waals surface area (Å²) in [5.41, 5.74) is 0.745. The number of alkyl halides is 3. The standard InChI is InChI=1S/C12H14F3NO2/c1-7(2)18-10-5-4-9(6-8(10)3)16-11(17)12(13,14)15/h4-7H,1-3H3,(H,16,17). The number of amides is 1. The van der Waals surface area contributed by atoms with E-state index in [1.165, 1.54) is 18.2 Å². The summed E-state index contributed by atoms with van der Waals surface area (Å²) in [5, 5.41) is 1.78. The molecule has 0 heterocycles. The van der Waals surface area contributed by atoms with Crippen LogP contribution >= 0.6 is 0 Å². The SMILES string of the molecule is Cc1cc(NC(=O)C(F)(F)F)ccc1OC(C)C. The molecule has 0 bridgehead atoms. The predicted octanol–water partition coefficient (Wildman–Crippen LogP) is 3.28. The third-order valence-electron chi connectivity index (χ3n) is 2.05. The highest BCUT2D eigenvalue weighted by Gasteiger charge is 2.38. The molecule has 1 amide bonds. The van der Waals surface area contributed by atoms with Gasteiger partial charge in [-0.2, -0.15) is 13.2 Å². The van der Waals surface area contributed by atoms with Crippen LogP contribution in [0.4, 0.5) is 18.9 Å². The average molecular weight is 261 g/mol. The highest BCUT2D eigenvalue weighted by atomic mass is 19.4. The van der Waals surface area contributed by atoms with E-state index in [0.29, 0.717) is 11.3 Å². The molecule has 3 nitrogen and oxygen atoms in total. The van der Waals surface area contributed by atoms with E-state index in [0.717, 1.165) is 0 Å². The fourth-order valence-electron chi connectivity index (χ4n) is 1.32. The number of hydrogen-bond donors (Lipinski definition) is 1. The third-order valence-corrected chi connectivity index (χ3v) is 2.05. The van der Waals surface area contributed by atoms with Gasteiger partial charge in [-0.25, -0.2) is 0 Å². The Morgan fingerprint density at radius 3 is 2.39 bits per heavy atom. The van der Waals surface area contributed by atoms with Gasteiger partial charge >= 0.3 is 12.1 Å². The Labute approximate surface area is 103 Å². The maximum Gasteiger partial charge on any atom is 0.471 e. The molecule has 1 aromatic carbocycles. The van der Waals surface area contributed by atoms with Gasteiger partial charge in [-0.3, -0.25) is 4.79 Å². The van der Waals surface area contributed by atoms with Crippen molar-refractivity contribution in [2.45, 2.75) is 33.1 Å². The van der Waals surface area contributed by atoms with Crippen molar-refractivity contribution in [3.8, 4) is 5.75 Å². The van der Waals surface area contributed by atoms with Crippen molar-refractivity contribution < 1.29 is 22.7 Å². The molecule has 1 rings (SSSR count). The average Bonchev–Trinajstić information content (AvgIpc) is 2.20. The zero-order valence-electron chi connectivity index (χ0n) is 10.3. The number of aryl methyl sites for hydroxylation is 1. The number of nitrogens with one attached hydrogen (secondary N) is 1. The topological polar surface area (TPSA) is 38.3 Å². The summed E-state index contributed by atoms with van der Waals surface area (Å²) in [7, 11) is 0. The van der Waals surface area contributed by atoms with E-state index in [9.17, 15) is 18.0 Å². The van der Waals surface area contributed by atoms with Gasteiger partial charge in [0.15, 0.2) is 0 Å². The van der Waals surface area contributed by atoms with Gasteiger partial charge in [0.25, 0.3) is 0 Å². The molecule has 1 N–H and O–H groups in total. The van der Waals surface area contributed by atoms with Crippen LogP contribution < -0.4 is 10.1 Å². The summed E-state index contributed by atoms with van der Waals surface area (Å²) in [4.78, 5) is 10.7. The van der Waals surface area contributed by atoms with Crippen molar-refractivity contribution >= 4 is 11.6 Å². The van der Waals surface area contributed by atoms with Crippen LogP contribution in [0.3, 0.4) is 0 Å². The van der Waals surface area contributed by atoms with Crippen LogP contribution in [0.25, 0.3) is 0 Å². The largest absolute Gasteiger partial charge is 0.491 e. The first-order chi connectivity index (χ1) is 8.20. The monoisotopic (exact) mass is 261 g/mol. The molecule has 100 valence electrons. The van der Waals surface area contributed by atoms with Gasteiger partial charge < -0.3 is 10.1 Å². The van der Waals surface area contributed by atoms with Crippen LogP contribution in [0, 0.1) is 6.92 Å². The molecule has 0 fully saturated rings. The lowest BCUT2D eigenvalue weighted by Gasteiger charge is -2.14. The van der Waals surface area contributed by atoms with Crippen molar-refractivity contribution in [2.75, 3.05) is 5.32 Å². The Bertz CT molecular complexity index is 441. The lowest BCUT2D eigenvalue weighted by molar-refractivity contribution is -0.167. The van der Waals surface area contributed by atoms with E-state index < -0.39 is 12.1 Å². The molecule has 6 heteroatoms. The van der Waals surface area contributed by atoms with E-state index in [1.807, 2.05) is 13.8 Å². The van der Waals surface area contributed by atoms with E-state index in [-0.39, 0.29) is 11.8 Å². The van der Waals surface area contributed by atoms with Crippen LogP contribution in [-0.2, 0) is 4.79 Å². The maximum atomic E-state index is 12.0.